The van der Waals surface area contributed by atoms with Gasteiger partial charge in [-0.15, -0.1) is 0 Å². The molecule has 0 radical (unpaired) electrons. The molecule has 0 saturated carbocycles. The van der Waals surface area contributed by atoms with Crippen LogP contribution in [-0.2, 0) is 6.42 Å². The number of hydrogen-bond donors (Lipinski definition) is 1. The monoisotopic (exact) mass is 307 g/mol. The van der Waals surface area contributed by atoms with Crippen molar-refractivity contribution in [2.45, 2.75) is 12.5 Å². The third-order valence-corrected chi connectivity index (χ3v) is 3.70. The maximum absolute atomic E-state index is 12.9. The van der Waals surface area contributed by atoms with Crippen LogP contribution in [0.4, 0.5) is 4.39 Å². The summed E-state index contributed by atoms with van der Waals surface area (Å²) >= 11 is 3.56. The maximum Gasteiger partial charge on any atom is 0.123 e. The topological polar surface area (TPSA) is 12.0 Å². The van der Waals surface area contributed by atoms with Crippen molar-refractivity contribution in [1.29, 1.82) is 0 Å². The van der Waals surface area contributed by atoms with E-state index in [-0.39, 0.29) is 11.9 Å². The van der Waals surface area contributed by atoms with Crippen LogP contribution in [0.5, 0.6) is 0 Å². The van der Waals surface area contributed by atoms with E-state index in [0.717, 1.165) is 16.5 Å². The van der Waals surface area contributed by atoms with Gasteiger partial charge in [0.05, 0.1) is 0 Å². The van der Waals surface area contributed by atoms with Gasteiger partial charge in [-0.1, -0.05) is 46.3 Å². The van der Waals surface area contributed by atoms with Crippen LogP contribution in [0, 0.1) is 5.82 Å². The van der Waals surface area contributed by atoms with Crippen LogP contribution in [0.1, 0.15) is 17.2 Å². The second-order valence-corrected chi connectivity index (χ2v) is 5.05. The molecule has 0 aliphatic carbocycles. The minimum Gasteiger partial charge on any atom is -0.313 e. The highest BCUT2D eigenvalue weighted by Crippen LogP contribution is 2.25. The molecule has 0 amide bonds. The number of halogens is 2. The molecule has 0 aliphatic heterocycles. The van der Waals surface area contributed by atoms with E-state index < -0.39 is 0 Å². The van der Waals surface area contributed by atoms with Crippen LogP contribution >= 0.6 is 15.9 Å². The summed E-state index contributed by atoms with van der Waals surface area (Å²) in [6.07, 6.45) is 0.833. The van der Waals surface area contributed by atoms with E-state index in [2.05, 4.69) is 27.3 Å². The first-order chi connectivity index (χ1) is 8.70. The predicted molar refractivity (Wildman–Crippen MR) is 76.0 cm³/mol. The van der Waals surface area contributed by atoms with Crippen LogP contribution < -0.4 is 5.32 Å². The highest BCUT2D eigenvalue weighted by Gasteiger charge is 2.12. The normalized spacial score (nSPS) is 12.4. The summed E-state index contributed by atoms with van der Waals surface area (Å²) in [4.78, 5) is 0. The molecule has 0 fully saturated rings. The predicted octanol–water partition coefficient (Wildman–Crippen LogP) is 4.09. The molecule has 0 aromatic heterocycles. The molecule has 1 unspecified atom stereocenters. The van der Waals surface area contributed by atoms with Gasteiger partial charge in [-0.25, -0.2) is 4.39 Å². The molecule has 1 N–H and O–H groups in total. The maximum atomic E-state index is 12.9. The number of likely N-dealkylation sites (N-methyl/N-ethyl adjacent to an activating group) is 1. The molecular weight excluding hydrogens is 293 g/mol. The zero-order valence-corrected chi connectivity index (χ0v) is 11.7. The van der Waals surface area contributed by atoms with Crippen LogP contribution in [0.3, 0.4) is 0 Å². The van der Waals surface area contributed by atoms with Gasteiger partial charge in [-0.05, 0) is 42.8 Å². The molecule has 2 aromatic rings. The molecular formula is C15H15BrFN. The SMILES string of the molecule is CNC(Cc1ccc(F)cc1)c1ccccc1Br. The zero-order chi connectivity index (χ0) is 13.0. The molecule has 3 heteroatoms. The quantitative estimate of drug-likeness (QED) is 0.897. The largest absolute Gasteiger partial charge is 0.313 e. The van der Waals surface area contributed by atoms with E-state index in [9.17, 15) is 4.39 Å². The van der Waals surface area contributed by atoms with Crippen LogP contribution in [0.25, 0.3) is 0 Å². The summed E-state index contributed by atoms with van der Waals surface area (Å²) in [6, 6.07) is 15.0. The highest BCUT2D eigenvalue weighted by molar-refractivity contribution is 9.10. The van der Waals surface area contributed by atoms with Gasteiger partial charge in [0, 0.05) is 10.5 Å². The molecule has 18 heavy (non-hydrogen) atoms. The number of benzene rings is 2. The van der Waals surface area contributed by atoms with E-state index in [0.29, 0.717) is 0 Å². The van der Waals surface area contributed by atoms with Gasteiger partial charge in [0.25, 0.3) is 0 Å². The Morgan fingerprint density at radius 1 is 1.11 bits per heavy atom. The van der Waals surface area contributed by atoms with E-state index >= 15 is 0 Å². The Kier molecular flexibility index (Phi) is 4.50. The summed E-state index contributed by atoms with van der Waals surface area (Å²) in [5.41, 5.74) is 2.33. The lowest BCUT2D eigenvalue weighted by Crippen LogP contribution is -2.19. The minimum atomic E-state index is -0.194. The Hall–Kier alpha value is -1.19. The van der Waals surface area contributed by atoms with Crippen LogP contribution in [-0.4, -0.2) is 7.05 Å². The molecule has 1 atom stereocenters. The van der Waals surface area contributed by atoms with E-state index in [1.54, 1.807) is 0 Å². The van der Waals surface area contributed by atoms with E-state index in [1.807, 2.05) is 37.4 Å². The summed E-state index contributed by atoms with van der Waals surface area (Å²) < 4.78 is 14.0. The van der Waals surface area contributed by atoms with Gasteiger partial charge in [-0.2, -0.15) is 0 Å². The van der Waals surface area contributed by atoms with E-state index in [1.165, 1.54) is 17.7 Å². The molecule has 0 heterocycles. The van der Waals surface area contributed by atoms with Gasteiger partial charge in [0.1, 0.15) is 5.82 Å². The molecule has 0 spiro atoms. The number of hydrogen-bond acceptors (Lipinski definition) is 1. The molecule has 94 valence electrons. The van der Waals surface area contributed by atoms with Crippen LogP contribution in [0.2, 0.25) is 0 Å². The second kappa shape index (κ2) is 6.12. The Morgan fingerprint density at radius 2 is 1.78 bits per heavy atom. The van der Waals surface area contributed by atoms with Crippen molar-refractivity contribution in [1.82, 2.24) is 5.32 Å². The summed E-state index contributed by atoms with van der Waals surface area (Å²) in [5.74, 6) is -0.194. The van der Waals surface area contributed by atoms with Crippen molar-refractivity contribution in [3.63, 3.8) is 0 Å². The Balaban J connectivity index is 2.20. The van der Waals surface area contributed by atoms with Crippen molar-refractivity contribution >= 4 is 15.9 Å². The molecule has 0 bridgehead atoms. The third-order valence-electron chi connectivity index (χ3n) is 2.98. The lowest BCUT2D eigenvalue weighted by Gasteiger charge is -2.18. The fourth-order valence-corrected chi connectivity index (χ4v) is 2.54. The van der Waals surface area contributed by atoms with Gasteiger partial charge < -0.3 is 5.32 Å². The van der Waals surface area contributed by atoms with Crippen molar-refractivity contribution in [3.8, 4) is 0 Å². The summed E-state index contributed by atoms with van der Waals surface area (Å²) in [6.45, 7) is 0. The molecule has 0 aliphatic rings. The lowest BCUT2D eigenvalue weighted by atomic mass is 9.99. The fourth-order valence-electron chi connectivity index (χ4n) is 1.98. The number of nitrogens with one attached hydrogen (secondary N) is 1. The summed E-state index contributed by atoms with van der Waals surface area (Å²) in [7, 11) is 1.94. The first-order valence-corrected chi connectivity index (χ1v) is 6.66. The highest BCUT2D eigenvalue weighted by atomic mass is 79.9. The van der Waals surface area contributed by atoms with Crippen molar-refractivity contribution < 1.29 is 4.39 Å². The average molecular weight is 308 g/mol. The molecule has 1 nitrogen and oxygen atoms in total. The minimum absolute atomic E-state index is 0.194. The Morgan fingerprint density at radius 3 is 2.39 bits per heavy atom. The van der Waals surface area contributed by atoms with Crippen molar-refractivity contribution in [2.24, 2.45) is 0 Å². The second-order valence-electron chi connectivity index (χ2n) is 4.19. The first kappa shape index (κ1) is 13.2. The lowest BCUT2D eigenvalue weighted by molar-refractivity contribution is 0.587. The standard InChI is InChI=1S/C15H15BrFN/c1-18-15(13-4-2-3-5-14(13)16)10-11-6-8-12(17)9-7-11/h2-9,15,18H,10H2,1H3. The van der Waals surface area contributed by atoms with Crippen molar-refractivity contribution in [3.05, 3.63) is 69.9 Å². The summed E-state index contributed by atoms with van der Waals surface area (Å²) in [5, 5.41) is 3.30. The van der Waals surface area contributed by atoms with Gasteiger partial charge >= 0.3 is 0 Å². The van der Waals surface area contributed by atoms with E-state index in [4.69, 9.17) is 0 Å². The van der Waals surface area contributed by atoms with Crippen LogP contribution in [0.15, 0.2) is 53.0 Å². The zero-order valence-electron chi connectivity index (χ0n) is 10.2. The van der Waals surface area contributed by atoms with Gasteiger partial charge in [-0.3, -0.25) is 0 Å². The Bertz CT molecular complexity index is 510. The molecule has 2 rings (SSSR count). The van der Waals surface area contributed by atoms with Gasteiger partial charge in [0.2, 0.25) is 0 Å². The first-order valence-electron chi connectivity index (χ1n) is 5.87. The van der Waals surface area contributed by atoms with Gasteiger partial charge in [0.15, 0.2) is 0 Å². The third kappa shape index (κ3) is 3.18. The Labute approximate surface area is 115 Å². The average Bonchev–Trinajstić information content (AvgIpc) is 2.39. The molecule has 2 aromatic carbocycles. The number of rotatable bonds is 4. The smallest absolute Gasteiger partial charge is 0.123 e. The molecule has 0 saturated heterocycles. The van der Waals surface area contributed by atoms with Crippen molar-refractivity contribution in [2.75, 3.05) is 7.05 Å². The fraction of sp³-hybridized carbons (Fsp3) is 0.200.